The number of aromatic nitrogens is 4. The first-order valence-electron chi connectivity index (χ1n) is 5.87. The van der Waals surface area contributed by atoms with Gasteiger partial charge in [-0.2, -0.15) is 4.98 Å². The van der Waals surface area contributed by atoms with Crippen molar-refractivity contribution in [2.45, 2.75) is 24.5 Å². The Bertz CT molecular complexity index is 697. The lowest BCUT2D eigenvalue weighted by Gasteiger charge is -2.16. The molecule has 2 aromatic rings. The van der Waals surface area contributed by atoms with Crippen LogP contribution >= 0.6 is 0 Å². The molecule has 2 aromatic heterocycles. The number of anilines is 1. The van der Waals surface area contributed by atoms with Gasteiger partial charge in [0.15, 0.2) is 17.4 Å². The van der Waals surface area contributed by atoms with Crippen LogP contribution in [0, 0.1) is 0 Å². The van der Waals surface area contributed by atoms with Gasteiger partial charge < -0.3 is 25.8 Å². The van der Waals surface area contributed by atoms with E-state index in [2.05, 4.69) is 15.0 Å². The fraction of sp³-hybridized carbons (Fsp3) is 0.500. The van der Waals surface area contributed by atoms with E-state index in [-0.39, 0.29) is 17.1 Å². The second-order valence-corrected chi connectivity index (χ2v) is 4.50. The molecule has 20 heavy (non-hydrogen) atoms. The summed E-state index contributed by atoms with van der Waals surface area (Å²) in [4.78, 5) is 21.8. The molecule has 0 spiro atoms. The first kappa shape index (κ1) is 13.0. The minimum Gasteiger partial charge on any atom is -0.394 e. The third-order valence-corrected chi connectivity index (χ3v) is 3.24. The molecular formula is C10H13N5O5. The highest BCUT2D eigenvalue weighted by Crippen LogP contribution is 2.30. The topological polar surface area (TPSA) is 160 Å². The predicted molar refractivity (Wildman–Crippen MR) is 65.6 cm³/mol. The first-order chi connectivity index (χ1) is 9.52. The van der Waals surface area contributed by atoms with Crippen LogP contribution in [0.3, 0.4) is 0 Å². The lowest BCUT2D eigenvalue weighted by atomic mass is 10.1. The summed E-state index contributed by atoms with van der Waals surface area (Å²) in [6.07, 6.45) is -3.21. The van der Waals surface area contributed by atoms with Crippen LogP contribution in [0.4, 0.5) is 5.95 Å². The van der Waals surface area contributed by atoms with Crippen molar-refractivity contribution in [1.82, 2.24) is 19.5 Å². The fourth-order valence-electron chi connectivity index (χ4n) is 2.24. The van der Waals surface area contributed by atoms with E-state index >= 15 is 0 Å². The van der Waals surface area contributed by atoms with Gasteiger partial charge >= 0.3 is 0 Å². The van der Waals surface area contributed by atoms with Crippen molar-refractivity contribution in [3.63, 3.8) is 0 Å². The van der Waals surface area contributed by atoms with Crippen LogP contribution in [0.5, 0.6) is 0 Å². The Balaban J connectivity index is 2.09. The van der Waals surface area contributed by atoms with E-state index in [1.807, 2.05) is 0 Å². The zero-order valence-corrected chi connectivity index (χ0v) is 10.2. The van der Waals surface area contributed by atoms with Crippen LogP contribution in [-0.4, -0.2) is 59.8 Å². The molecule has 0 aliphatic carbocycles. The minimum absolute atomic E-state index is 0.0388. The molecule has 1 unspecified atom stereocenters. The summed E-state index contributed by atoms with van der Waals surface area (Å²) in [5, 5.41) is 28.7. The minimum atomic E-state index is -1.29. The molecule has 6 N–H and O–H groups in total. The molecule has 3 rings (SSSR count). The number of H-pyrrole nitrogens is 1. The normalized spacial score (nSPS) is 30.1. The lowest BCUT2D eigenvalue weighted by Crippen LogP contribution is -2.33. The molecule has 0 bridgehead atoms. The number of imidazole rings is 1. The Labute approximate surface area is 111 Å². The van der Waals surface area contributed by atoms with Gasteiger partial charge in [0, 0.05) is 0 Å². The maximum Gasteiger partial charge on any atom is 0.280 e. The summed E-state index contributed by atoms with van der Waals surface area (Å²) in [5.41, 5.74) is 5.12. The smallest absolute Gasteiger partial charge is 0.280 e. The van der Waals surface area contributed by atoms with Crippen molar-refractivity contribution < 1.29 is 20.1 Å². The lowest BCUT2D eigenvalue weighted by molar-refractivity contribution is -0.0511. The number of hydrogen-bond donors (Lipinski definition) is 5. The van der Waals surface area contributed by atoms with Crippen LogP contribution < -0.4 is 11.3 Å². The second kappa shape index (κ2) is 4.52. The van der Waals surface area contributed by atoms with E-state index in [0.717, 1.165) is 0 Å². The van der Waals surface area contributed by atoms with Crippen LogP contribution in [-0.2, 0) is 4.74 Å². The van der Waals surface area contributed by atoms with Crippen LogP contribution in [0.15, 0.2) is 11.1 Å². The third kappa shape index (κ3) is 1.78. The highest BCUT2D eigenvalue weighted by molar-refractivity contribution is 5.70. The Kier molecular flexibility index (Phi) is 2.94. The zero-order chi connectivity index (χ0) is 14.4. The number of aliphatic hydroxyl groups is 3. The number of hydrogen-bond acceptors (Lipinski definition) is 8. The van der Waals surface area contributed by atoms with E-state index in [1.54, 1.807) is 0 Å². The molecule has 1 saturated heterocycles. The predicted octanol–water partition coefficient (Wildman–Crippen LogP) is -2.69. The average Bonchev–Trinajstić information content (AvgIpc) is 2.93. The number of ether oxygens (including phenoxy) is 1. The van der Waals surface area contributed by atoms with Gasteiger partial charge in [-0.15, -0.1) is 0 Å². The standard InChI is InChI=1S/C10H13N5O5/c11-10-13-7-4(8(19)14-10)12-2-15(7)9-6(18)5(17)3(1-16)20-9/h2-3,5-6,9,16-18H,1H2,(H3,11,13,14,19)/t3-,5?,6+,9-/m1/s1/i11+1,12+1,13+1,14+1,15+1. The number of nitrogen functional groups attached to an aromatic ring is 1. The summed E-state index contributed by atoms with van der Waals surface area (Å²) in [6.45, 7) is -0.447. The van der Waals surface area contributed by atoms with Gasteiger partial charge in [0.25, 0.3) is 5.56 Å². The van der Waals surface area contributed by atoms with Crippen LogP contribution in [0.1, 0.15) is 6.23 Å². The SMILES string of the molecule is [15NH2]c1[15n]c2c([15n]c[15n]2[C@@H]2O[C@H](CO)C(O)[C@@H]2O)c(=O)[15nH]1. The molecule has 3 heterocycles. The molecule has 0 aromatic carbocycles. The van der Waals surface area contributed by atoms with Crippen molar-refractivity contribution in [2.75, 3.05) is 12.3 Å². The van der Waals surface area contributed by atoms with E-state index < -0.39 is 36.7 Å². The molecule has 10 nitrogen and oxygen atoms in total. The molecule has 0 radical (unpaired) electrons. The van der Waals surface area contributed by atoms with E-state index in [0.29, 0.717) is 0 Å². The molecule has 1 aliphatic rings. The maximum absolute atomic E-state index is 11.7. The Hall–Kier alpha value is -2.01. The quantitative estimate of drug-likeness (QED) is 0.373. The molecule has 0 amide bonds. The third-order valence-electron chi connectivity index (χ3n) is 3.24. The largest absolute Gasteiger partial charge is 0.394 e. The number of aliphatic hydroxyl groups excluding tert-OH is 3. The average molecular weight is 288 g/mol. The van der Waals surface area contributed by atoms with Gasteiger partial charge in [0.05, 0.1) is 12.9 Å². The van der Waals surface area contributed by atoms with Crippen molar-refractivity contribution >= 4 is 17.1 Å². The summed E-state index contributed by atoms with van der Waals surface area (Å²) < 4.78 is 6.64. The monoisotopic (exact) mass is 288 g/mol. The van der Waals surface area contributed by atoms with Gasteiger partial charge in [0.1, 0.15) is 18.3 Å². The number of nitrogens with one attached hydrogen (secondary N) is 1. The van der Waals surface area contributed by atoms with E-state index in [4.69, 9.17) is 15.6 Å². The maximum atomic E-state index is 11.7. The highest BCUT2D eigenvalue weighted by Gasteiger charge is 2.44. The van der Waals surface area contributed by atoms with Gasteiger partial charge in [-0.3, -0.25) is 14.3 Å². The number of nitrogens with two attached hydrogens (primary N) is 1. The van der Waals surface area contributed by atoms with Crippen molar-refractivity contribution in [2.24, 2.45) is 0 Å². The van der Waals surface area contributed by atoms with Gasteiger partial charge in [-0.05, 0) is 0 Å². The van der Waals surface area contributed by atoms with Crippen LogP contribution in [0.2, 0.25) is 0 Å². The van der Waals surface area contributed by atoms with E-state index in [1.165, 1.54) is 10.9 Å². The Morgan fingerprint density at radius 2 is 2.20 bits per heavy atom. The molecule has 108 valence electrons. The molecule has 10 heteroatoms. The van der Waals surface area contributed by atoms with Crippen molar-refractivity contribution in [1.29, 1.82) is 0 Å². The molecule has 1 fully saturated rings. The number of aromatic amines is 1. The molecule has 0 saturated carbocycles. The summed E-state index contributed by atoms with van der Waals surface area (Å²) in [7, 11) is 0. The first-order valence-corrected chi connectivity index (χ1v) is 5.87. The van der Waals surface area contributed by atoms with Crippen molar-refractivity contribution in [3.8, 4) is 0 Å². The number of fused-ring (bicyclic) bond motifs is 1. The summed E-state index contributed by atoms with van der Waals surface area (Å²) >= 11 is 0. The van der Waals surface area contributed by atoms with Crippen LogP contribution in [0.25, 0.3) is 11.2 Å². The van der Waals surface area contributed by atoms with Gasteiger partial charge in [-0.25, -0.2) is 4.98 Å². The van der Waals surface area contributed by atoms with Crippen molar-refractivity contribution in [3.05, 3.63) is 16.7 Å². The van der Waals surface area contributed by atoms with E-state index in [9.17, 15) is 15.0 Å². The zero-order valence-electron chi connectivity index (χ0n) is 10.2. The Morgan fingerprint density at radius 3 is 2.85 bits per heavy atom. The Morgan fingerprint density at radius 1 is 1.45 bits per heavy atom. The highest BCUT2D eigenvalue weighted by atomic mass is 16.6. The number of nitrogens with zero attached hydrogens (tertiary/aromatic N) is 3. The molecule has 1 aliphatic heterocycles. The second-order valence-electron chi connectivity index (χ2n) is 4.50. The molecule has 4 atom stereocenters. The van der Waals surface area contributed by atoms with Gasteiger partial charge in [0.2, 0.25) is 5.95 Å². The summed E-state index contributed by atoms with van der Waals surface area (Å²) in [6, 6.07) is 0. The fourth-order valence-corrected chi connectivity index (χ4v) is 2.24. The summed E-state index contributed by atoms with van der Waals surface area (Å²) in [5.74, 6) is -0.101. The number of rotatable bonds is 2. The van der Waals surface area contributed by atoms with Gasteiger partial charge in [-0.1, -0.05) is 0 Å². The molecular weight excluding hydrogens is 275 g/mol.